The zero-order chi connectivity index (χ0) is 16.3. The van der Waals surface area contributed by atoms with Crippen molar-refractivity contribution in [1.29, 1.82) is 0 Å². The maximum atomic E-state index is 13.2. The van der Waals surface area contributed by atoms with Crippen LogP contribution in [0.4, 0.5) is 13.2 Å². The second kappa shape index (κ2) is 6.65. The van der Waals surface area contributed by atoms with Crippen molar-refractivity contribution in [2.24, 2.45) is 0 Å². The fourth-order valence-electron chi connectivity index (χ4n) is 2.04. The van der Waals surface area contributed by atoms with Gasteiger partial charge in [0, 0.05) is 12.4 Å². The Morgan fingerprint density at radius 2 is 1.77 bits per heavy atom. The van der Waals surface area contributed by atoms with Gasteiger partial charge in [-0.05, 0) is 36.8 Å². The number of aliphatic hydroxyl groups is 1. The van der Waals surface area contributed by atoms with Gasteiger partial charge in [-0.2, -0.15) is 0 Å². The molecule has 0 aliphatic rings. The Balaban J connectivity index is 2.17. The summed E-state index contributed by atoms with van der Waals surface area (Å²) < 4.78 is 41.1. The molecule has 0 aliphatic heterocycles. The van der Waals surface area contributed by atoms with Crippen LogP contribution in [0.5, 0.6) is 0 Å². The SMILES string of the molecule is CC(C(=O)NC(CO)c1cc(F)c(F)c(F)c1)n1cccc1. The number of nitrogens with one attached hydrogen (secondary N) is 1. The highest BCUT2D eigenvalue weighted by Crippen LogP contribution is 2.20. The van der Waals surface area contributed by atoms with Crippen molar-refractivity contribution in [3.63, 3.8) is 0 Å². The number of aromatic nitrogens is 1. The summed E-state index contributed by atoms with van der Waals surface area (Å²) in [4.78, 5) is 12.1. The molecule has 0 saturated carbocycles. The van der Waals surface area contributed by atoms with Crippen molar-refractivity contribution in [2.45, 2.75) is 19.0 Å². The van der Waals surface area contributed by atoms with Gasteiger partial charge >= 0.3 is 0 Å². The average molecular weight is 312 g/mol. The van der Waals surface area contributed by atoms with E-state index in [1.807, 2.05) is 0 Å². The van der Waals surface area contributed by atoms with Crippen LogP contribution in [0.2, 0.25) is 0 Å². The molecule has 2 aromatic rings. The summed E-state index contributed by atoms with van der Waals surface area (Å²) in [6.07, 6.45) is 3.38. The van der Waals surface area contributed by atoms with E-state index in [1.165, 1.54) is 0 Å². The Labute approximate surface area is 125 Å². The Kier molecular flexibility index (Phi) is 4.87. The Bertz CT molecular complexity index is 636. The Morgan fingerprint density at radius 1 is 1.23 bits per heavy atom. The van der Waals surface area contributed by atoms with E-state index >= 15 is 0 Å². The molecule has 2 rings (SSSR count). The Hall–Kier alpha value is -2.28. The van der Waals surface area contributed by atoms with E-state index in [4.69, 9.17) is 0 Å². The molecule has 0 spiro atoms. The predicted octanol–water partition coefficient (Wildman–Crippen LogP) is 2.32. The first-order valence-corrected chi connectivity index (χ1v) is 6.62. The summed E-state index contributed by atoms with van der Waals surface area (Å²) in [6.45, 7) is 1.06. The first-order valence-electron chi connectivity index (χ1n) is 6.62. The monoisotopic (exact) mass is 312 g/mol. The molecule has 2 N–H and O–H groups in total. The number of benzene rings is 1. The third kappa shape index (κ3) is 3.30. The third-order valence-corrected chi connectivity index (χ3v) is 3.36. The van der Waals surface area contributed by atoms with E-state index < -0.39 is 42.0 Å². The van der Waals surface area contributed by atoms with E-state index in [2.05, 4.69) is 5.32 Å². The molecule has 2 unspecified atom stereocenters. The lowest BCUT2D eigenvalue weighted by molar-refractivity contribution is -0.125. The minimum Gasteiger partial charge on any atom is -0.394 e. The van der Waals surface area contributed by atoms with Crippen LogP contribution in [-0.4, -0.2) is 22.2 Å². The number of halogens is 3. The summed E-state index contributed by atoms with van der Waals surface area (Å²) >= 11 is 0. The summed E-state index contributed by atoms with van der Waals surface area (Å²) in [5.74, 6) is -4.78. The van der Waals surface area contributed by atoms with Gasteiger partial charge < -0.3 is 15.0 Å². The van der Waals surface area contributed by atoms with Crippen LogP contribution in [-0.2, 0) is 4.79 Å². The number of hydrogen-bond donors (Lipinski definition) is 2. The van der Waals surface area contributed by atoms with E-state index in [0.717, 1.165) is 12.1 Å². The molecule has 0 saturated heterocycles. The molecule has 0 radical (unpaired) electrons. The minimum atomic E-state index is -1.59. The molecule has 2 atom stereocenters. The molecule has 1 amide bonds. The molecule has 4 nitrogen and oxygen atoms in total. The second-order valence-corrected chi connectivity index (χ2v) is 4.85. The number of carbonyl (C=O) groups is 1. The summed E-state index contributed by atoms with van der Waals surface area (Å²) in [5.41, 5.74) is -0.0491. The van der Waals surface area contributed by atoms with Gasteiger partial charge in [0.2, 0.25) is 5.91 Å². The smallest absolute Gasteiger partial charge is 0.243 e. The van der Waals surface area contributed by atoms with Crippen LogP contribution < -0.4 is 5.32 Å². The zero-order valence-corrected chi connectivity index (χ0v) is 11.8. The van der Waals surface area contributed by atoms with E-state index in [0.29, 0.717) is 0 Å². The maximum absolute atomic E-state index is 13.2. The lowest BCUT2D eigenvalue weighted by atomic mass is 10.1. The fourth-order valence-corrected chi connectivity index (χ4v) is 2.04. The molecular formula is C15H15F3N2O2. The molecule has 0 fully saturated rings. The highest BCUT2D eigenvalue weighted by molar-refractivity contribution is 5.80. The lowest BCUT2D eigenvalue weighted by Crippen LogP contribution is -2.35. The number of amides is 1. The summed E-state index contributed by atoms with van der Waals surface area (Å²) in [7, 11) is 0. The molecule has 22 heavy (non-hydrogen) atoms. The fraction of sp³-hybridized carbons (Fsp3) is 0.267. The van der Waals surface area contributed by atoms with E-state index in [9.17, 15) is 23.1 Å². The van der Waals surface area contributed by atoms with Gasteiger partial charge in [0.1, 0.15) is 6.04 Å². The predicted molar refractivity (Wildman–Crippen MR) is 73.4 cm³/mol. The van der Waals surface area contributed by atoms with Gasteiger partial charge in [-0.1, -0.05) is 0 Å². The second-order valence-electron chi connectivity index (χ2n) is 4.85. The molecule has 0 bridgehead atoms. The van der Waals surface area contributed by atoms with Crippen LogP contribution in [0.25, 0.3) is 0 Å². The number of hydrogen-bond acceptors (Lipinski definition) is 2. The molecular weight excluding hydrogens is 297 g/mol. The van der Waals surface area contributed by atoms with Crippen molar-refractivity contribution in [3.05, 3.63) is 59.7 Å². The molecule has 1 aromatic carbocycles. The number of rotatable bonds is 5. The van der Waals surface area contributed by atoms with E-state index in [1.54, 1.807) is 36.0 Å². The van der Waals surface area contributed by atoms with Crippen LogP contribution in [0.1, 0.15) is 24.6 Å². The van der Waals surface area contributed by atoms with Crippen molar-refractivity contribution in [3.8, 4) is 0 Å². The quantitative estimate of drug-likeness (QED) is 0.833. The first-order chi connectivity index (χ1) is 10.4. The van der Waals surface area contributed by atoms with Crippen molar-refractivity contribution in [1.82, 2.24) is 9.88 Å². The minimum absolute atomic E-state index is 0.0491. The van der Waals surface area contributed by atoms with Crippen LogP contribution >= 0.6 is 0 Å². The van der Waals surface area contributed by atoms with Crippen molar-refractivity contribution < 1.29 is 23.1 Å². The molecule has 7 heteroatoms. The van der Waals surface area contributed by atoms with Crippen molar-refractivity contribution in [2.75, 3.05) is 6.61 Å². The topological polar surface area (TPSA) is 54.3 Å². The first kappa shape index (κ1) is 16.1. The summed E-state index contributed by atoms with van der Waals surface area (Å²) in [6, 6.07) is 3.39. The van der Waals surface area contributed by atoms with Gasteiger partial charge in [0.05, 0.1) is 12.6 Å². The van der Waals surface area contributed by atoms with E-state index in [-0.39, 0.29) is 5.56 Å². The average Bonchev–Trinajstić information content (AvgIpc) is 3.03. The molecule has 1 heterocycles. The van der Waals surface area contributed by atoms with Gasteiger partial charge in [0.25, 0.3) is 0 Å². The number of carbonyl (C=O) groups excluding carboxylic acids is 1. The van der Waals surface area contributed by atoms with Gasteiger partial charge in [-0.3, -0.25) is 4.79 Å². The third-order valence-electron chi connectivity index (χ3n) is 3.36. The molecule has 118 valence electrons. The largest absolute Gasteiger partial charge is 0.394 e. The van der Waals surface area contributed by atoms with Crippen LogP contribution in [0.15, 0.2) is 36.7 Å². The highest BCUT2D eigenvalue weighted by Gasteiger charge is 2.21. The van der Waals surface area contributed by atoms with Gasteiger partial charge in [-0.25, -0.2) is 13.2 Å². The van der Waals surface area contributed by atoms with Crippen LogP contribution in [0.3, 0.4) is 0 Å². The van der Waals surface area contributed by atoms with Gasteiger partial charge in [0.15, 0.2) is 17.5 Å². The maximum Gasteiger partial charge on any atom is 0.243 e. The normalized spacial score (nSPS) is 13.7. The standard InChI is InChI=1S/C15H15F3N2O2/c1-9(20-4-2-3-5-20)15(22)19-13(8-21)10-6-11(16)14(18)12(17)7-10/h2-7,9,13,21H,8H2,1H3,(H,19,22). The zero-order valence-electron chi connectivity index (χ0n) is 11.8. The molecule has 1 aromatic heterocycles. The number of aliphatic hydroxyl groups excluding tert-OH is 1. The van der Waals surface area contributed by atoms with Gasteiger partial charge in [-0.15, -0.1) is 0 Å². The van der Waals surface area contributed by atoms with Crippen molar-refractivity contribution >= 4 is 5.91 Å². The van der Waals surface area contributed by atoms with Crippen LogP contribution in [0, 0.1) is 17.5 Å². The lowest BCUT2D eigenvalue weighted by Gasteiger charge is -2.20. The molecule has 0 aliphatic carbocycles. The highest BCUT2D eigenvalue weighted by atomic mass is 19.2. The summed E-state index contributed by atoms with van der Waals surface area (Å²) in [5, 5.41) is 11.8. The Morgan fingerprint density at radius 3 is 2.27 bits per heavy atom. The number of nitrogens with zero attached hydrogens (tertiary/aromatic N) is 1.